The van der Waals surface area contributed by atoms with Crippen LogP contribution in [0.15, 0.2) is 48.5 Å². The first kappa shape index (κ1) is 17.0. The number of nitrogens with one attached hydrogen (secondary N) is 3. The largest absolute Gasteiger partial charge is 0.372 e. The van der Waals surface area contributed by atoms with Crippen molar-refractivity contribution in [1.29, 1.82) is 0 Å². The van der Waals surface area contributed by atoms with Gasteiger partial charge in [-0.15, -0.1) is 17.0 Å². The molecule has 0 fully saturated rings. The van der Waals surface area contributed by atoms with E-state index in [-0.39, 0.29) is 35.2 Å². The molecule has 0 aromatic heterocycles. The van der Waals surface area contributed by atoms with Gasteiger partial charge in [-0.05, 0) is 36.8 Å². The van der Waals surface area contributed by atoms with Crippen LogP contribution >= 0.6 is 17.0 Å². The Morgan fingerprint density at radius 1 is 1.13 bits per heavy atom. The molecule has 1 unspecified atom stereocenters. The second-order valence-electron chi connectivity index (χ2n) is 5.35. The summed E-state index contributed by atoms with van der Waals surface area (Å²) in [5.74, 6) is -0.393. The van der Waals surface area contributed by atoms with Crippen molar-refractivity contribution in [2.75, 3.05) is 16.0 Å². The van der Waals surface area contributed by atoms with Crippen molar-refractivity contribution in [1.82, 2.24) is 0 Å². The number of hydrogen-bond acceptors (Lipinski definition) is 3. The van der Waals surface area contributed by atoms with Crippen molar-refractivity contribution < 1.29 is 9.59 Å². The van der Waals surface area contributed by atoms with Crippen molar-refractivity contribution in [3.8, 4) is 0 Å². The highest BCUT2D eigenvalue weighted by Gasteiger charge is 2.27. The van der Waals surface area contributed by atoms with Gasteiger partial charge in [0.05, 0.1) is 17.8 Å². The van der Waals surface area contributed by atoms with Crippen LogP contribution < -0.4 is 16.0 Å². The molecular weight excluding hydrogens is 358 g/mol. The SMILES string of the molecule is Br.Cc1cccc(NC(=O)CC2Nc3ccccc3NC2=O)c1. The first-order valence-corrected chi connectivity index (χ1v) is 7.15. The lowest BCUT2D eigenvalue weighted by Crippen LogP contribution is -2.41. The number of benzene rings is 2. The number of aryl methyl sites for hydroxylation is 1. The molecule has 3 rings (SSSR count). The minimum atomic E-state index is -0.570. The molecule has 0 spiro atoms. The van der Waals surface area contributed by atoms with Crippen LogP contribution in [0.5, 0.6) is 0 Å². The van der Waals surface area contributed by atoms with Crippen molar-refractivity contribution in [3.05, 3.63) is 54.1 Å². The summed E-state index contributed by atoms with van der Waals surface area (Å²) in [5, 5.41) is 8.72. The Hall–Kier alpha value is -2.34. The summed E-state index contributed by atoms with van der Waals surface area (Å²) in [5.41, 5.74) is 3.38. The fraction of sp³-hybridized carbons (Fsp3) is 0.176. The number of para-hydroxylation sites is 2. The van der Waals surface area contributed by atoms with Gasteiger partial charge < -0.3 is 16.0 Å². The molecule has 2 aromatic carbocycles. The van der Waals surface area contributed by atoms with E-state index in [2.05, 4.69) is 16.0 Å². The maximum absolute atomic E-state index is 12.1. The molecule has 120 valence electrons. The fourth-order valence-electron chi connectivity index (χ4n) is 2.46. The molecule has 0 aliphatic carbocycles. The smallest absolute Gasteiger partial charge is 0.247 e. The highest BCUT2D eigenvalue weighted by molar-refractivity contribution is 8.93. The standard InChI is InChI=1S/C17H17N3O2.BrH/c1-11-5-4-6-12(9-11)18-16(21)10-15-17(22)20-14-8-3-2-7-13(14)19-15;/h2-9,15,19H,10H2,1H3,(H,18,21)(H,20,22);1H. The van der Waals surface area contributed by atoms with Crippen LogP contribution in [0.3, 0.4) is 0 Å². The van der Waals surface area contributed by atoms with Gasteiger partial charge in [-0.1, -0.05) is 24.3 Å². The molecule has 2 amide bonds. The number of amides is 2. The minimum Gasteiger partial charge on any atom is -0.372 e. The van der Waals surface area contributed by atoms with Gasteiger partial charge in [0.1, 0.15) is 6.04 Å². The van der Waals surface area contributed by atoms with Crippen molar-refractivity contribution >= 4 is 45.9 Å². The number of anilines is 3. The fourth-order valence-corrected chi connectivity index (χ4v) is 2.46. The van der Waals surface area contributed by atoms with Crippen LogP contribution in [-0.2, 0) is 9.59 Å². The van der Waals surface area contributed by atoms with Gasteiger partial charge in [-0.2, -0.15) is 0 Å². The number of carbonyl (C=O) groups excluding carboxylic acids is 2. The van der Waals surface area contributed by atoms with E-state index in [9.17, 15) is 9.59 Å². The number of fused-ring (bicyclic) bond motifs is 1. The Labute approximate surface area is 145 Å². The molecule has 0 saturated carbocycles. The van der Waals surface area contributed by atoms with Gasteiger partial charge in [0.25, 0.3) is 0 Å². The second kappa shape index (κ2) is 7.28. The molecule has 5 nitrogen and oxygen atoms in total. The van der Waals surface area contributed by atoms with Crippen LogP contribution in [-0.4, -0.2) is 17.9 Å². The van der Waals surface area contributed by atoms with Gasteiger partial charge in [0.2, 0.25) is 11.8 Å². The number of rotatable bonds is 3. The molecule has 1 atom stereocenters. The Kier molecular flexibility index (Phi) is 5.39. The predicted octanol–water partition coefficient (Wildman–Crippen LogP) is 3.33. The van der Waals surface area contributed by atoms with Crippen molar-refractivity contribution in [2.24, 2.45) is 0 Å². The van der Waals surface area contributed by atoms with Crippen LogP contribution in [0.25, 0.3) is 0 Å². The van der Waals surface area contributed by atoms with Crippen molar-refractivity contribution in [2.45, 2.75) is 19.4 Å². The zero-order valence-corrected chi connectivity index (χ0v) is 14.3. The molecule has 6 heteroatoms. The van der Waals surface area contributed by atoms with Gasteiger partial charge in [-0.25, -0.2) is 0 Å². The third-order valence-corrected chi connectivity index (χ3v) is 3.52. The van der Waals surface area contributed by atoms with Gasteiger partial charge in [-0.3, -0.25) is 9.59 Å². The van der Waals surface area contributed by atoms with Gasteiger partial charge in [0, 0.05) is 5.69 Å². The summed E-state index contributed by atoms with van der Waals surface area (Å²) < 4.78 is 0. The van der Waals surface area contributed by atoms with Crippen molar-refractivity contribution in [3.63, 3.8) is 0 Å². The molecule has 0 saturated heterocycles. The monoisotopic (exact) mass is 375 g/mol. The number of halogens is 1. The lowest BCUT2D eigenvalue weighted by molar-refractivity contribution is -0.122. The van der Waals surface area contributed by atoms with E-state index < -0.39 is 6.04 Å². The molecule has 2 aromatic rings. The number of hydrogen-bond donors (Lipinski definition) is 3. The zero-order chi connectivity index (χ0) is 15.5. The van der Waals surface area contributed by atoms with E-state index in [1.165, 1.54) is 0 Å². The maximum Gasteiger partial charge on any atom is 0.247 e. The Bertz CT molecular complexity index is 733. The Morgan fingerprint density at radius 2 is 1.87 bits per heavy atom. The summed E-state index contributed by atoms with van der Waals surface area (Å²) in [6.45, 7) is 1.96. The quantitative estimate of drug-likeness (QED) is 0.770. The average molecular weight is 376 g/mol. The molecule has 23 heavy (non-hydrogen) atoms. The van der Waals surface area contributed by atoms with E-state index >= 15 is 0 Å². The second-order valence-corrected chi connectivity index (χ2v) is 5.35. The predicted molar refractivity (Wildman–Crippen MR) is 97.2 cm³/mol. The molecule has 0 radical (unpaired) electrons. The average Bonchev–Trinajstić information content (AvgIpc) is 2.48. The highest BCUT2D eigenvalue weighted by atomic mass is 79.9. The lowest BCUT2D eigenvalue weighted by atomic mass is 10.1. The Morgan fingerprint density at radius 3 is 2.61 bits per heavy atom. The first-order chi connectivity index (χ1) is 10.6. The van der Waals surface area contributed by atoms with Gasteiger partial charge >= 0.3 is 0 Å². The van der Waals surface area contributed by atoms with Gasteiger partial charge in [0.15, 0.2) is 0 Å². The zero-order valence-electron chi connectivity index (χ0n) is 12.6. The Balaban J connectivity index is 0.00000192. The molecule has 1 aliphatic heterocycles. The van der Waals surface area contributed by atoms with E-state index in [0.717, 1.165) is 22.6 Å². The van der Waals surface area contributed by atoms with Crippen LogP contribution in [0, 0.1) is 6.92 Å². The van der Waals surface area contributed by atoms with Crippen LogP contribution in [0.1, 0.15) is 12.0 Å². The number of carbonyl (C=O) groups is 2. The topological polar surface area (TPSA) is 70.2 Å². The lowest BCUT2D eigenvalue weighted by Gasteiger charge is -2.26. The molecular formula is C17H18BrN3O2. The summed E-state index contributed by atoms with van der Waals surface area (Å²) >= 11 is 0. The van der Waals surface area contributed by atoms with Crippen LogP contribution in [0.4, 0.5) is 17.1 Å². The molecule has 1 aliphatic rings. The molecule has 3 N–H and O–H groups in total. The van der Waals surface area contributed by atoms with E-state index in [0.29, 0.717) is 0 Å². The molecule has 1 heterocycles. The minimum absolute atomic E-state index is 0. The third kappa shape index (κ3) is 4.10. The van der Waals surface area contributed by atoms with E-state index in [1.807, 2.05) is 55.5 Å². The normalized spacial score (nSPS) is 15.5. The highest BCUT2D eigenvalue weighted by Crippen LogP contribution is 2.26. The summed E-state index contributed by atoms with van der Waals surface area (Å²) in [4.78, 5) is 24.2. The third-order valence-electron chi connectivity index (χ3n) is 3.52. The molecule has 0 bridgehead atoms. The van der Waals surface area contributed by atoms with E-state index in [4.69, 9.17) is 0 Å². The summed E-state index contributed by atoms with van der Waals surface area (Å²) in [6.07, 6.45) is 0.0775. The van der Waals surface area contributed by atoms with E-state index in [1.54, 1.807) is 0 Å². The summed E-state index contributed by atoms with van der Waals surface area (Å²) in [6, 6.07) is 14.4. The maximum atomic E-state index is 12.1. The first-order valence-electron chi connectivity index (χ1n) is 7.15. The van der Waals surface area contributed by atoms with Crippen LogP contribution in [0.2, 0.25) is 0 Å². The summed E-state index contributed by atoms with van der Waals surface area (Å²) in [7, 11) is 0.